The Morgan fingerprint density at radius 3 is 2.71 bits per heavy atom. The summed E-state index contributed by atoms with van der Waals surface area (Å²) in [6.07, 6.45) is 0.968. The first-order valence-corrected chi connectivity index (χ1v) is 7.23. The molecule has 0 aliphatic carbocycles. The van der Waals surface area contributed by atoms with Crippen molar-refractivity contribution in [1.29, 1.82) is 0 Å². The molecule has 2 rings (SSSR count). The lowest BCUT2D eigenvalue weighted by molar-refractivity contribution is -0.125. The van der Waals surface area contributed by atoms with E-state index in [2.05, 4.69) is 17.6 Å². The Hall–Kier alpha value is -1.92. The number of rotatable bonds is 5. The lowest BCUT2D eigenvalue weighted by Crippen LogP contribution is -2.58. The number of carbonyl (C=O) groups excluding carboxylic acids is 2. The van der Waals surface area contributed by atoms with Gasteiger partial charge in [-0.25, -0.2) is 0 Å². The Balaban J connectivity index is 1.92. The molecule has 1 saturated heterocycles. The van der Waals surface area contributed by atoms with Crippen molar-refractivity contribution < 1.29 is 9.59 Å². The number of carbonyl (C=O) groups is 2. The van der Waals surface area contributed by atoms with Crippen molar-refractivity contribution in [2.75, 3.05) is 31.5 Å². The average Bonchev–Trinajstić information content (AvgIpc) is 2.48. The largest absolute Gasteiger partial charge is 0.368 e. The van der Waals surface area contributed by atoms with Crippen LogP contribution < -0.4 is 16.4 Å². The van der Waals surface area contributed by atoms with E-state index in [1.165, 1.54) is 5.56 Å². The van der Waals surface area contributed by atoms with Gasteiger partial charge in [-0.15, -0.1) is 0 Å². The van der Waals surface area contributed by atoms with Gasteiger partial charge < -0.3 is 16.4 Å². The van der Waals surface area contributed by atoms with Crippen molar-refractivity contribution in [3.05, 3.63) is 29.8 Å². The second-order valence-electron chi connectivity index (χ2n) is 5.19. The number of nitrogens with zero attached hydrogens (tertiary/aromatic N) is 1. The molecule has 1 atom stereocenters. The lowest BCUT2D eigenvalue weighted by Gasteiger charge is -2.33. The summed E-state index contributed by atoms with van der Waals surface area (Å²) >= 11 is 0. The molecule has 1 heterocycles. The molecule has 114 valence electrons. The number of hydrogen-bond acceptors (Lipinski definition) is 4. The topological polar surface area (TPSA) is 87.5 Å². The van der Waals surface area contributed by atoms with Crippen molar-refractivity contribution >= 4 is 17.5 Å². The Kier molecular flexibility index (Phi) is 5.30. The Morgan fingerprint density at radius 2 is 2.10 bits per heavy atom. The van der Waals surface area contributed by atoms with E-state index in [4.69, 9.17) is 5.73 Å². The highest BCUT2D eigenvalue weighted by Gasteiger charge is 2.28. The van der Waals surface area contributed by atoms with Gasteiger partial charge in [0, 0.05) is 25.3 Å². The van der Waals surface area contributed by atoms with Crippen molar-refractivity contribution in [3.8, 4) is 0 Å². The first-order chi connectivity index (χ1) is 10.1. The van der Waals surface area contributed by atoms with Gasteiger partial charge in [0.15, 0.2) is 0 Å². The van der Waals surface area contributed by atoms with Gasteiger partial charge in [-0.1, -0.05) is 19.1 Å². The van der Waals surface area contributed by atoms with E-state index >= 15 is 0 Å². The predicted molar refractivity (Wildman–Crippen MR) is 81.9 cm³/mol. The average molecular weight is 290 g/mol. The van der Waals surface area contributed by atoms with E-state index in [0.717, 1.165) is 18.7 Å². The van der Waals surface area contributed by atoms with Crippen LogP contribution in [0.15, 0.2) is 24.3 Å². The van der Waals surface area contributed by atoms with E-state index in [1.807, 2.05) is 29.2 Å². The Morgan fingerprint density at radius 1 is 1.38 bits per heavy atom. The van der Waals surface area contributed by atoms with Crippen LogP contribution in [0.1, 0.15) is 12.5 Å². The van der Waals surface area contributed by atoms with E-state index < -0.39 is 11.9 Å². The summed E-state index contributed by atoms with van der Waals surface area (Å²) in [5.74, 6) is -0.533. The summed E-state index contributed by atoms with van der Waals surface area (Å²) in [6, 6.07) is 7.34. The van der Waals surface area contributed by atoms with E-state index in [0.29, 0.717) is 13.1 Å². The van der Waals surface area contributed by atoms with Gasteiger partial charge >= 0.3 is 0 Å². The maximum absolute atomic E-state index is 12.1. The van der Waals surface area contributed by atoms with Crippen LogP contribution in [0.25, 0.3) is 0 Å². The quantitative estimate of drug-likeness (QED) is 0.709. The van der Waals surface area contributed by atoms with Gasteiger partial charge in [0.1, 0.15) is 6.04 Å². The molecule has 0 aromatic heterocycles. The van der Waals surface area contributed by atoms with Crippen LogP contribution in [0.2, 0.25) is 0 Å². The fourth-order valence-electron chi connectivity index (χ4n) is 2.42. The molecule has 6 heteroatoms. The first kappa shape index (κ1) is 15.5. The number of hydrogen-bond donors (Lipinski definition) is 3. The van der Waals surface area contributed by atoms with Gasteiger partial charge in [-0.3, -0.25) is 14.5 Å². The number of primary amides is 1. The van der Waals surface area contributed by atoms with Crippen LogP contribution in [0.5, 0.6) is 0 Å². The summed E-state index contributed by atoms with van der Waals surface area (Å²) in [5.41, 5.74) is 7.36. The third-order valence-electron chi connectivity index (χ3n) is 3.68. The Bertz CT molecular complexity index is 501. The molecule has 4 N–H and O–H groups in total. The number of anilines is 1. The highest BCUT2D eigenvalue weighted by atomic mass is 16.2. The number of piperazine rings is 1. The van der Waals surface area contributed by atoms with E-state index in [-0.39, 0.29) is 12.5 Å². The fourth-order valence-corrected chi connectivity index (χ4v) is 2.42. The molecule has 1 fully saturated rings. The molecule has 0 spiro atoms. The Labute approximate surface area is 124 Å². The number of aryl methyl sites for hydroxylation is 1. The molecule has 1 aliphatic rings. The van der Waals surface area contributed by atoms with Crippen molar-refractivity contribution in [3.63, 3.8) is 0 Å². The second kappa shape index (κ2) is 7.19. The molecule has 21 heavy (non-hydrogen) atoms. The number of nitrogens with two attached hydrogens (primary N) is 1. The highest BCUT2D eigenvalue weighted by molar-refractivity contribution is 5.92. The SMILES string of the molecule is CCc1ccc(NC(=O)CN2CCNCC2C(N)=O)cc1. The molecule has 6 nitrogen and oxygen atoms in total. The van der Waals surface area contributed by atoms with Crippen molar-refractivity contribution in [2.24, 2.45) is 5.73 Å². The number of nitrogens with one attached hydrogen (secondary N) is 2. The summed E-state index contributed by atoms with van der Waals surface area (Å²) in [6.45, 7) is 4.14. The summed E-state index contributed by atoms with van der Waals surface area (Å²) in [7, 11) is 0. The zero-order valence-electron chi connectivity index (χ0n) is 12.3. The summed E-state index contributed by atoms with van der Waals surface area (Å²) in [5, 5.41) is 5.95. The van der Waals surface area contributed by atoms with Gasteiger partial charge in [-0.05, 0) is 24.1 Å². The zero-order valence-corrected chi connectivity index (χ0v) is 12.3. The normalized spacial score (nSPS) is 19.2. The van der Waals surface area contributed by atoms with Gasteiger partial charge in [0.05, 0.1) is 6.54 Å². The summed E-state index contributed by atoms with van der Waals surface area (Å²) in [4.78, 5) is 25.3. The maximum atomic E-state index is 12.1. The highest BCUT2D eigenvalue weighted by Crippen LogP contribution is 2.10. The molecular formula is C15H22N4O2. The molecule has 1 aromatic rings. The van der Waals surface area contributed by atoms with E-state index in [9.17, 15) is 9.59 Å². The number of amides is 2. The van der Waals surface area contributed by atoms with Gasteiger partial charge in [0.2, 0.25) is 11.8 Å². The standard InChI is InChI=1S/C15H22N4O2/c1-2-11-3-5-12(6-4-11)18-14(20)10-19-8-7-17-9-13(19)15(16)21/h3-6,13,17H,2,7-10H2,1H3,(H2,16,21)(H,18,20). The predicted octanol–water partition coefficient (Wildman–Crippen LogP) is -0.0534. The molecule has 2 amide bonds. The smallest absolute Gasteiger partial charge is 0.238 e. The number of benzene rings is 1. The van der Waals surface area contributed by atoms with Crippen LogP contribution in [-0.2, 0) is 16.0 Å². The maximum Gasteiger partial charge on any atom is 0.238 e. The minimum atomic E-state index is -0.424. The fraction of sp³-hybridized carbons (Fsp3) is 0.467. The van der Waals surface area contributed by atoms with E-state index in [1.54, 1.807) is 0 Å². The molecular weight excluding hydrogens is 268 g/mol. The molecule has 1 unspecified atom stereocenters. The minimum absolute atomic E-state index is 0.132. The third-order valence-corrected chi connectivity index (χ3v) is 3.68. The minimum Gasteiger partial charge on any atom is -0.368 e. The van der Waals surface area contributed by atoms with Crippen LogP contribution in [0.4, 0.5) is 5.69 Å². The molecule has 0 bridgehead atoms. The van der Waals surface area contributed by atoms with Crippen LogP contribution >= 0.6 is 0 Å². The molecule has 0 radical (unpaired) electrons. The van der Waals surface area contributed by atoms with Gasteiger partial charge in [0.25, 0.3) is 0 Å². The van der Waals surface area contributed by atoms with Gasteiger partial charge in [-0.2, -0.15) is 0 Å². The first-order valence-electron chi connectivity index (χ1n) is 7.23. The molecule has 1 aliphatic heterocycles. The van der Waals surface area contributed by atoms with Crippen molar-refractivity contribution in [2.45, 2.75) is 19.4 Å². The zero-order chi connectivity index (χ0) is 15.2. The van der Waals surface area contributed by atoms with Crippen LogP contribution in [0.3, 0.4) is 0 Å². The molecule has 0 saturated carbocycles. The third kappa shape index (κ3) is 4.27. The lowest BCUT2D eigenvalue weighted by atomic mass is 10.1. The monoisotopic (exact) mass is 290 g/mol. The molecule has 1 aromatic carbocycles. The van der Waals surface area contributed by atoms with Crippen molar-refractivity contribution in [1.82, 2.24) is 10.2 Å². The summed E-state index contributed by atoms with van der Waals surface area (Å²) < 4.78 is 0. The second-order valence-corrected chi connectivity index (χ2v) is 5.19. The van der Waals surface area contributed by atoms with Crippen LogP contribution in [0, 0.1) is 0 Å². The van der Waals surface area contributed by atoms with Crippen LogP contribution in [-0.4, -0.2) is 48.9 Å².